The fourth-order valence-electron chi connectivity index (χ4n) is 2.09. The summed E-state index contributed by atoms with van der Waals surface area (Å²) < 4.78 is 2.33. The Bertz CT molecular complexity index is 315. The van der Waals surface area contributed by atoms with Crippen molar-refractivity contribution in [1.82, 2.24) is 14.9 Å². The fraction of sp³-hybridized carbons (Fsp3) is 0.786. The summed E-state index contributed by atoms with van der Waals surface area (Å²) in [4.78, 5) is 4.42. The lowest BCUT2D eigenvalue weighted by molar-refractivity contribution is 0.342. The average Bonchev–Trinajstić information content (AvgIpc) is 2.71. The summed E-state index contributed by atoms with van der Waals surface area (Å²) in [5.74, 6) is 2.51. The van der Waals surface area contributed by atoms with Gasteiger partial charge in [0.15, 0.2) is 0 Å². The molecule has 0 aromatic carbocycles. The van der Waals surface area contributed by atoms with E-state index in [-0.39, 0.29) is 0 Å². The highest BCUT2D eigenvalue weighted by Crippen LogP contribution is 2.19. The topological polar surface area (TPSA) is 29.9 Å². The van der Waals surface area contributed by atoms with Crippen LogP contribution in [0.2, 0.25) is 0 Å². The molecule has 98 valence electrons. The molecular weight excluding hydrogens is 210 g/mol. The van der Waals surface area contributed by atoms with Gasteiger partial charge in [-0.25, -0.2) is 4.98 Å². The average molecular weight is 237 g/mol. The normalized spacial score (nSPS) is 13.6. The van der Waals surface area contributed by atoms with Crippen LogP contribution in [0.1, 0.15) is 46.5 Å². The van der Waals surface area contributed by atoms with Gasteiger partial charge in [0.05, 0.1) is 0 Å². The Kier molecular flexibility index (Phi) is 5.69. The van der Waals surface area contributed by atoms with Crippen molar-refractivity contribution < 1.29 is 0 Å². The lowest BCUT2D eigenvalue weighted by atomic mass is 10.0. The quantitative estimate of drug-likeness (QED) is 0.790. The van der Waals surface area contributed by atoms with Gasteiger partial charge in [-0.3, -0.25) is 0 Å². The van der Waals surface area contributed by atoms with Crippen LogP contribution in [0.25, 0.3) is 0 Å². The summed E-state index contributed by atoms with van der Waals surface area (Å²) >= 11 is 0. The standard InChI is InChI=1S/C14H27N3/c1-6-14-16-7-8-17(14)13(12(4)5)10-15-9-11(2)3/h7-8,11-13,15H,6,9-10H2,1-5H3. The van der Waals surface area contributed by atoms with Gasteiger partial charge in [-0.2, -0.15) is 0 Å². The Balaban J connectivity index is 2.66. The summed E-state index contributed by atoms with van der Waals surface area (Å²) in [5.41, 5.74) is 0. The molecule has 0 saturated heterocycles. The molecule has 0 bridgehead atoms. The van der Waals surface area contributed by atoms with Crippen LogP contribution in [0, 0.1) is 11.8 Å². The number of imidazole rings is 1. The first kappa shape index (κ1) is 14.2. The maximum Gasteiger partial charge on any atom is 0.108 e. The molecule has 1 unspecified atom stereocenters. The van der Waals surface area contributed by atoms with Crippen LogP contribution in [0.4, 0.5) is 0 Å². The van der Waals surface area contributed by atoms with Crippen molar-refractivity contribution >= 4 is 0 Å². The molecule has 1 heterocycles. The zero-order valence-electron chi connectivity index (χ0n) is 11.9. The van der Waals surface area contributed by atoms with Crippen LogP contribution < -0.4 is 5.32 Å². The van der Waals surface area contributed by atoms with Crippen molar-refractivity contribution in [3.63, 3.8) is 0 Å². The minimum Gasteiger partial charge on any atom is -0.330 e. The van der Waals surface area contributed by atoms with E-state index < -0.39 is 0 Å². The van der Waals surface area contributed by atoms with Gasteiger partial charge in [0.1, 0.15) is 5.82 Å². The van der Waals surface area contributed by atoms with Gasteiger partial charge < -0.3 is 9.88 Å². The second-order valence-corrected chi connectivity index (χ2v) is 5.47. The molecule has 0 spiro atoms. The zero-order chi connectivity index (χ0) is 12.8. The predicted molar refractivity (Wildman–Crippen MR) is 73.2 cm³/mol. The van der Waals surface area contributed by atoms with E-state index in [2.05, 4.69) is 55.7 Å². The van der Waals surface area contributed by atoms with Crippen molar-refractivity contribution in [3.8, 4) is 0 Å². The molecule has 0 saturated carbocycles. The van der Waals surface area contributed by atoms with E-state index in [0.717, 1.165) is 19.5 Å². The Morgan fingerprint density at radius 3 is 2.47 bits per heavy atom. The van der Waals surface area contributed by atoms with E-state index in [1.165, 1.54) is 5.82 Å². The van der Waals surface area contributed by atoms with Crippen molar-refractivity contribution in [2.75, 3.05) is 13.1 Å². The minimum absolute atomic E-state index is 0.506. The molecule has 0 aliphatic heterocycles. The molecule has 17 heavy (non-hydrogen) atoms. The lowest BCUT2D eigenvalue weighted by Crippen LogP contribution is -2.31. The highest BCUT2D eigenvalue weighted by molar-refractivity contribution is 4.96. The van der Waals surface area contributed by atoms with Crippen molar-refractivity contribution in [1.29, 1.82) is 0 Å². The smallest absolute Gasteiger partial charge is 0.108 e. The third-order valence-electron chi connectivity index (χ3n) is 3.10. The molecule has 1 rings (SSSR count). The molecule has 0 amide bonds. The number of nitrogens with zero attached hydrogens (tertiary/aromatic N) is 2. The van der Waals surface area contributed by atoms with Crippen LogP contribution in [-0.4, -0.2) is 22.6 Å². The third kappa shape index (κ3) is 4.15. The van der Waals surface area contributed by atoms with Gasteiger partial charge in [-0.1, -0.05) is 34.6 Å². The Morgan fingerprint density at radius 2 is 1.94 bits per heavy atom. The van der Waals surface area contributed by atoms with Crippen molar-refractivity contribution in [2.45, 2.75) is 47.1 Å². The molecule has 1 aromatic heterocycles. The predicted octanol–water partition coefficient (Wildman–Crippen LogP) is 2.89. The first-order valence-corrected chi connectivity index (χ1v) is 6.78. The summed E-state index contributed by atoms with van der Waals surface area (Å²) in [5, 5.41) is 3.56. The summed E-state index contributed by atoms with van der Waals surface area (Å²) in [6.07, 6.45) is 5.03. The highest BCUT2D eigenvalue weighted by Gasteiger charge is 2.17. The highest BCUT2D eigenvalue weighted by atomic mass is 15.1. The molecule has 1 aromatic rings. The SMILES string of the molecule is CCc1nccn1C(CNCC(C)C)C(C)C. The molecule has 3 heteroatoms. The molecule has 3 nitrogen and oxygen atoms in total. The van der Waals surface area contributed by atoms with E-state index in [0.29, 0.717) is 17.9 Å². The number of aromatic nitrogens is 2. The van der Waals surface area contributed by atoms with Gasteiger partial charge in [0.25, 0.3) is 0 Å². The number of aryl methyl sites for hydroxylation is 1. The van der Waals surface area contributed by atoms with E-state index in [9.17, 15) is 0 Å². The lowest BCUT2D eigenvalue weighted by Gasteiger charge is -2.25. The maximum atomic E-state index is 4.42. The number of nitrogens with one attached hydrogen (secondary N) is 1. The zero-order valence-corrected chi connectivity index (χ0v) is 11.9. The van der Waals surface area contributed by atoms with Gasteiger partial charge in [0.2, 0.25) is 0 Å². The molecular formula is C14H27N3. The minimum atomic E-state index is 0.506. The Hall–Kier alpha value is -0.830. The van der Waals surface area contributed by atoms with Crippen molar-refractivity contribution in [2.24, 2.45) is 11.8 Å². The second-order valence-electron chi connectivity index (χ2n) is 5.47. The molecule has 0 fully saturated rings. The Labute approximate surface area is 106 Å². The summed E-state index contributed by atoms with van der Waals surface area (Å²) in [7, 11) is 0. The third-order valence-corrected chi connectivity index (χ3v) is 3.10. The number of hydrogen-bond acceptors (Lipinski definition) is 2. The van der Waals surface area contributed by atoms with E-state index in [4.69, 9.17) is 0 Å². The van der Waals surface area contributed by atoms with E-state index in [1.54, 1.807) is 0 Å². The molecule has 0 aliphatic carbocycles. The van der Waals surface area contributed by atoms with Gasteiger partial charge in [0, 0.05) is 31.4 Å². The van der Waals surface area contributed by atoms with Crippen molar-refractivity contribution in [3.05, 3.63) is 18.2 Å². The fourth-order valence-corrected chi connectivity index (χ4v) is 2.09. The summed E-state index contributed by atoms with van der Waals surface area (Å²) in [6, 6.07) is 0.506. The molecule has 1 atom stereocenters. The van der Waals surface area contributed by atoms with Crippen LogP contribution in [0.3, 0.4) is 0 Å². The monoisotopic (exact) mass is 237 g/mol. The molecule has 0 radical (unpaired) electrons. The molecule has 0 aliphatic rings. The van der Waals surface area contributed by atoms with E-state index >= 15 is 0 Å². The summed E-state index contributed by atoms with van der Waals surface area (Å²) in [6.45, 7) is 13.3. The Morgan fingerprint density at radius 1 is 1.24 bits per heavy atom. The van der Waals surface area contributed by atoms with Gasteiger partial charge in [-0.05, 0) is 18.4 Å². The largest absolute Gasteiger partial charge is 0.330 e. The van der Waals surface area contributed by atoms with Crippen LogP contribution in [0.15, 0.2) is 12.4 Å². The second kappa shape index (κ2) is 6.80. The van der Waals surface area contributed by atoms with E-state index in [1.807, 2.05) is 6.20 Å². The first-order valence-electron chi connectivity index (χ1n) is 6.78. The number of hydrogen-bond donors (Lipinski definition) is 1. The maximum absolute atomic E-state index is 4.42. The first-order chi connectivity index (χ1) is 8.06. The van der Waals surface area contributed by atoms with Crippen LogP contribution in [0.5, 0.6) is 0 Å². The van der Waals surface area contributed by atoms with Crippen LogP contribution in [-0.2, 0) is 6.42 Å². The molecule has 1 N–H and O–H groups in total. The van der Waals surface area contributed by atoms with Gasteiger partial charge >= 0.3 is 0 Å². The van der Waals surface area contributed by atoms with Crippen LogP contribution >= 0.6 is 0 Å². The number of rotatable bonds is 7. The van der Waals surface area contributed by atoms with Gasteiger partial charge in [-0.15, -0.1) is 0 Å².